The lowest BCUT2D eigenvalue weighted by molar-refractivity contribution is -0.175. The van der Waals surface area contributed by atoms with E-state index < -0.39 is 0 Å². The van der Waals surface area contributed by atoms with Crippen molar-refractivity contribution in [2.24, 2.45) is 60.6 Å². The van der Waals surface area contributed by atoms with Gasteiger partial charge in [0.1, 0.15) is 18.3 Å². The number of carbonyl (C=O) groups excluding carboxylic acids is 3. The van der Waals surface area contributed by atoms with Crippen molar-refractivity contribution in [1.29, 1.82) is 0 Å². The molecule has 314 valence electrons. The minimum absolute atomic E-state index is 0.0143. The molecule has 0 heterocycles. The second-order valence-electron chi connectivity index (χ2n) is 23.9. The zero-order chi connectivity index (χ0) is 41.7. The van der Waals surface area contributed by atoms with Gasteiger partial charge in [-0.25, -0.2) is 0 Å². The van der Waals surface area contributed by atoms with Gasteiger partial charge in [0, 0.05) is 16.2 Å². The molecule has 0 aliphatic heterocycles. The normalized spacial score (nSPS) is 33.2. The zero-order valence-electron chi connectivity index (χ0n) is 38.8. The van der Waals surface area contributed by atoms with Gasteiger partial charge in [-0.2, -0.15) is 0 Å². The van der Waals surface area contributed by atoms with E-state index in [2.05, 4.69) is 76.2 Å². The third kappa shape index (κ3) is 9.57. The Balaban J connectivity index is 0.000000218. The maximum Gasteiger partial charge on any atom is 0.311 e. The first-order valence-electron chi connectivity index (χ1n) is 21.9. The summed E-state index contributed by atoms with van der Waals surface area (Å²) in [7, 11) is 0. The molecule has 5 aliphatic rings. The number of carbonyl (C=O) groups is 3. The van der Waals surface area contributed by atoms with Gasteiger partial charge in [0.2, 0.25) is 0 Å². The quantitative estimate of drug-likeness (QED) is 0.172. The summed E-state index contributed by atoms with van der Waals surface area (Å²) in [5.41, 5.74) is 0.333. The van der Waals surface area contributed by atoms with Gasteiger partial charge in [-0.05, 0) is 147 Å². The molecule has 6 nitrogen and oxygen atoms in total. The first-order chi connectivity index (χ1) is 24.3. The molecule has 0 saturated heterocycles. The molecular weight excluding hydrogens is 673 g/mol. The minimum atomic E-state index is -0.355. The standard InChI is InChI=1S/2C16H28O2.C16H30O2/c1-7-14(2,3)13(17)18-12-15(4,5)11-8-9-16(12,6)10-11;1-7-14(2,3)13(17)18-12-10-11-8-9-16(12,6)15(11,4)5;1-8-16(6,7)13(17)18-12-9-14(2,3)11-15(4,5)10-12/h2*11-12H,7-10H2,1-6H3;12H,8-11H2,1-7H3. The van der Waals surface area contributed by atoms with Gasteiger partial charge < -0.3 is 14.2 Å². The lowest BCUT2D eigenvalue weighted by Crippen LogP contribution is -2.45. The highest BCUT2D eigenvalue weighted by Gasteiger charge is 2.63. The average Bonchev–Trinajstić information content (AvgIpc) is 3.66. The summed E-state index contributed by atoms with van der Waals surface area (Å²) in [4.78, 5) is 36.8. The molecule has 0 radical (unpaired) electrons. The number of hydrogen-bond donors (Lipinski definition) is 0. The predicted molar refractivity (Wildman–Crippen MR) is 222 cm³/mol. The molecule has 6 atom stereocenters. The molecule has 0 aromatic carbocycles. The number of hydrogen-bond acceptors (Lipinski definition) is 6. The summed E-state index contributed by atoms with van der Waals surface area (Å²) in [6.07, 6.45) is 13.3. The SMILES string of the molecule is CCC(C)(C)C(=O)OC1C2(C)CCC(C2)C1(C)C.CCC(C)(C)C(=O)OC1CC(C)(C)CC(C)(C)C1.CCC(C)(C)C(=O)OC1CC2CCC1(C)C2(C)C. The summed E-state index contributed by atoms with van der Waals surface area (Å²) in [6, 6.07) is 0. The first-order valence-corrected chi connectivity index (χ1v) is 21.9. The van der Waals surface area contributed by atoms with Crippen LogP contribution in [0.5, 0.6) is 0 Å². The fraction of sp³-hybridized carbons (Fsp3) is 0.938. The van der Waals surface area contributed by atoms with Crippen molar-refractivity contribution >= 4 is 17.9 Å². The Labute approximate surface area is 333 Å². The number of rotatable bonds is 9. The second kappa shape index (κ2) is 15.6. The molecule has 5 rings (SSSR count). The third-order valence-electron chi connectivity index (χ3n) is 16.4. The molecule has 6 heteroatoms. The van der Waals surface area contributed by atoms with Gasteiger partial charge in [0.15, 0.2) is 0 Å². The van der Waals surface area contributed by atoms with E-state index in [9.17, 15) is 14.4 Å². The van der Waals surface area contributed by atoms with Crippen LogP contribution in [-0.4, -0.2) is 36.2 Å². The smallest absolute Gasteiger partial charge is 0.311 e. The van der Waals surface area contributed by atoms with Gasteiger partial charge in [-0.1, -0.05) is 90.0 Å². The van der Waals surface area contributed by atoms with Crippen LogP contribution in [0, 0.1) is 60.6 Å². The van der Waals surface area contributed by atoms with E-state index in [0.29, 0.717) is 5.41 Å². The van der Waals surface area contributed by atoms with E-state index in [0.717, 1.165) is 50.4 Å². The maximum absolute atomic E-state index is 12.3. The number of fused-ring (bicyclic) bond motifs is 4. The van der Waals surface area contributed by atoms with Crippen LogP contribution in [0.3, 0.4) is 0 Å². The van der Waals surface area contributed by atoms with Crippen LogP contribution in [-0.2, 0) is 28.6 Å². The van der Waals surface area contributed by atoms with Crippen molar-refractivity contribution in [3.63, 3.8) is 0 Å². The predicted octanol–water partition coefficient (Wildman–Crippen LogP) is 12.9. The Kier molecular flexibility index (Phi) is 13.5. The van der Waals surface area contributed by atoms with Crippen molar-refractivity contribution in [2.45, 2.75) is 227 Å². The van der Waals surface area contributed by atoms with E-state index in [1.165, 1.54) is 38.5 Å². The van der Waals surface area contributed by atoms with Crippen LogP contribution < -0.4 is 0 Å². The zero-order valence-corrected chi connectivity index (χ0v) is 38.8. The molecule has 54 heavy (non-hydrogen) atoms. The Morgan fingerprint density at radius 3 is 1.37 bits per heavy atom. The monoisotopic (exact) mass is 759 g/mol. The van der Waals surface area contributed by atoms with Crippen LogP contribution in [0.4, 0.5) is 0 Å². The Hall–Kier alpha value is -1.59. The third-order valence-corrected chi connectivity index (χ3v) is 16.4. The van der Waals surface area contributed by atoms with E-state index in [1.807, 2.05) is 55.4 Å². The number of esters is 3. The van der Waals surface area contributed by atoms with Crippen molar-refractivity contribution in [2.75, 3.05) is 0 Å². The highest BCUT2D eigenvalue weighted by Crippen LogP contribution is 2.66. The van der Waals surface area contributed by atoms with Crippen molar-refractivity contribution < 1.29 is 28.6 Å². The van der Waals surface area contributed by atoms with Gasteiger partial charge in [-0.3, -0.25) is 14.4 Å². The highest BCUT2D eigenvalue weighted by molar-refractivity contribution is 5.77. The summed E-state index contributed by atoms with van der Waals surface area (Å²) >= 11 is 0. The second-order valence-corrected chi connectivity index (χ2v) is 23.9. The molecule has 5 saturated carbocycles. The van der Waals surface area contributed by atoms with Crippen LogP contribution in [0.1, 0.15) is 209 Å². The fourth-order valence-corrected chi connectivity index (χ4v) is 11.0. The topological polar surface area (TPSA) is 78.9 Å². The molecule has 0 aromatic rings. The van der Waals surface area contributed by atoms with Crippen LogP contribution in [0.15, 0.2) is 0 Å². The molecule has 0 amide bonds. The average molecular weight is 759 g/mol. The van der Waals surface area contributed by atoms with E-state index in [-0.39, 0.29) is 79.5 Å². The number of ether oxygens (including phenoxy) is 3. The Morgan fingerprint density at radius 1 is 0.574 bits per heavy atom. The first kappa shape index (κ1) is 46.8. The summed E-state index contributed by atoms with van der Waals surface area (Å²) in [5, 5.41) is 0. The van der Waals surface area contributed by atoms with Gasteiger partial charge in [0.05, 0.1) is 16.2 Å². The van der Waals surface area contributed by atoms with Crippen LogP contribution in [0.25, 0.3) is 0 Å². The molecule has 0 N–H and O–H groups in total. The Morgan fingerprint density at radius 2 is 1.00 bits per heavy atom. The fourth-order valence-electron chi connectivity index (χ4n) is 11.0. The van der Waals surface area contributed by atoms with Crippen LogP contribution >= 0.6 is 0 Å². The molecule has 6 unspecified atom stereocenters. The van der Waals surface area contributed by atoms with Crippen molar-refractivity contribution in [3.8, 4) is 0 Å². The molecule has 0 aromatic heterocycles. The van der Waals surface area contributed by atoms with Crippen molar-refractivity contribution in [3.05, 3.63) is 0 Å². The Bertz CT molecular complexity index is 1330. The minimum Gasteiger partial charge on any atom is -0.462 e. The maximum atomic E-state index is 12.3. The lowest BCUT2D eigenvalue weighted by atomic mass is 9.64. The molecule has 5 aliphatic carbocycles. The van der Waals surface area contributed by atoms with Gasteiger partial charge in [-0.15, -0.1) is 0 Å². The van der Waals surface area contributed by atoms with Gasteiger partial charge >= 0.3 is 17.9 Å². The van der Waals surface area contributed by atoms with E-state index in [1.54, 1.807) is 0 Å². The van der Waals surface area contributed by atoms with Crippen LogP contribution in [0.2, 0.25) is 0 Å². The lowest BCUT2D eigenvalue weighted by Gasteiger charge is -2.44. The van der Waals surface area contributed by atoms with E-state index >= 15 is 0 Å². The summed E-state index contributed by atoms with van der Waals surface area (Å²) < 4.78 is 17.7. The molecular formula is C48H86O6. The molecule has 4 bridgehead atoms. The summed E-state index contributed by atoms with van der Waals surface area (Å²) in [5.74, 6) is 1.38. The molecule has 5 fully saturated rings. The largest absolute Gasteiger partial charge is 0.462 e. The van der Waals surface area contributed by atoms with Gasteiger partial charge in [0.25, 0.3) is 0 Å². The summed E-state index contributed by atoms with van der Waals surface area (Å²) in [6.45, 7) is 41.0. The molecule has 0 spiro atoms. The van der Waals surface area contributed by atoms with Crippen molar-refractivity contribution in [1.82, 2.24) is 0 Å². The highest BCUT2D eigenvalue weighted by atomic mass is 16.6. The van der Waals surface area contributed by atoms with E-state index in [4.69, 9.17) is 14.2 Å².